The van der Waals surface area contributed by atoms with E-state index < -0.39 is 5.92 Å². The fraction of sp³-hybridized carbons (Fsp3) is 0.0625. The fourth-order valence-electron chi connectivity index (χ4n) is 2.38. The maximum atomic E-state index is 12.7. The Bertz CT molecular complexity index is 677. The molecule has 0 bridgehead atoms. The first-order chi connectivity index (χ1) is 10.6. The number of hydrazine groups is 1. The third-order valence-corrected chi connectivity index (χ3v) is 3.85. The van der Waals surface area contributed by atoms with Gasteiger partial charge in [0.15, 0.2) is 5.92 Å². The third kappa shape index (κ3) is 2.40. The molecule has 0 N–H and O–H groups in total. The van der Waals surface area contributed by atoms with E-state index in [1.165, 1.54) is 10.0 Å². The molecule has 0 aliphatic carbocycles. The Labute approximate surface area is 138 Å². The summed E-state index contributed by atoms with van der Waals surface area (Å²) < 4.78 is 0.0781. The van der Waals surface area contributed by atoms with Gasteiger partial charge in [0.1, 0.15) is 0 Å². The number of thiol groups is 1. The molecule has 0 radical (unpaired) electrons. The zero-order valence-electron chi connectivity index (χ0n) is 11.4. The summed E-state index contributed by atoms with van der Waals surface area (Å²) in [6, 6.07) is 18.0. The van der Waals surface area contributed by atoms with Crippen molar-refractivity contribution >= 4 is 52.2 Å². The van der Waals surface area contributed by atoms with E-state index in [-0.39, 0.29) is 16.0 Å². The molecule has 1 saturated heterocycles. The monoisotopic (exact) mass is 328 g/mol. The number of nitrogens with zero attached hydrogens (tertiary/aromatic N) is 2. The predicted octanol–water partition coefficient (Wildman–Crippen LogP) is 2.85. The minimum absolute atomic E-state index is 0.0781. The lowest BCUT2D eigenvalue weighted by Gasteiger charge is -2.27. The minimum Gasteiger partial charge on any atom is -0.271 e. The molecular formula is C16H12N2O2S2. The molecule has 0 aromatic heterocycles. The summed E-state index contributed by atoms with van der Waals surface area (Å²) in [4.78, 5) is 25.3. The standard InChI is InChI=1S/C16H12N2O2S2/c19-14-13(16(21)22)15(20)18(12-9-5-2-6-10-12)17(14)11-7-3-1-4-8-11/h1-10,13H,(H,21,22). The van der Waals surface area contributed by atoms with Crippen molar-refractivity contribution in [3.05, 3.63) is 60.7 Å². The normalized spacial score (nSPS) is 15.5. The predicted molar refractivity (Wildman–Crippen MR) is 92.9 cm³/mol. The molecule has 2 amide bonds. The van der Waals surface area contributed by atoms with Gasteiger partial charge >= 0.3 is 0 Å². The number of benzene rings is 2. The molecular weight excluding hydrogens is 316 g/mol. The first-order valence-electron chi connectivity index (χ1n) is 6.62. The van der Waals surface area contributed by atoms with Crippen molar-refractivity contribution in [3.63, 3.8) is 0 Å². The second kappa shape index (κ2) is 5.90. The van der Waals surface area contributed by atoms with E-state index in [0.29, 0.717) is 11.4 Å². The highest BCUT2D eigenvalue weighted by atomic mass is 32.1. The van der Waals surface area contributed by atoms with Crippen LogP contribution in [0.5, 0.6) is 0 Å². The summed E-state index contributed by atoms with van der Waals surface area (Å²) in [5, 5.41) is 2.70. The molecule has 1 aliphatic heterocycles. The lowest BCUT2D eigenvalue weighted by atomic mass is 10.1. The Kier molecular flexibility index (Phi) is 3.96. The van der Waals surface area contributed by atoms with Crippen molar-refractivity contribution < 1.29 is 9.59 Å². The maximum Gasteiger partial charge on any atom is 0.264 e. The maximum absolute atomic E-state index is 12.7. The van der Waals surface area contributed by atoms with Gasteiger partial charge in [0.2, 0.25) is 0 Å². The van der Waals surface area contributed by atoms with Crippen LogP contribution in [0.4, 0.5) is 11.4 Å². The molecule has 3 rings (SSSR count). The van der Waals surface area contributed by atoms with Crippen LogP contribution >= 0.6 is 24.8 Å². The molecule has 2 aromatic rings. The zero-order valence-corrected chi connectivity index (χ0v) is 13.1. The first-order valence-corrected chi connectivity index (χ1v) is 7.47. The number of para-hydroxylation sites is 2. The van der Waals surface area contributed by atoms with Crippen molar-refractivity contribution in [3.8, 4) is 0 Å². The smallest absolute Gasteiger partial charge is 0.264 e. The van der Waals surface area contributed by atoms with E-state index >= 15 is 0 Å². The number of amides is 2. The van der Waals surface area contributed by atoms with Crippen LogP contribution in [0.25, 0.3) is 0 Å². The van der Waals surface area contributed by atoms with Crippen LogP contribution < -0.4 is 10.0 Å². The summed E-state index contributed by atoms with van der Waals surface area (Å²) in [6.07, 6.45) is 0. The lowest BCUT2D eigenvalue weighted by Crippen LogP contribution is -2.41. The van der Waals surface area contributed by atoms with Gasteiger partial charge in [0, 0.05) is 0 Å². The van der Waals surface area contributed by atoms with Gasteiger partial charge in [-0.3, -0.25) is 9.59 Å². The number of rotatable bonds is 3. The van der Waals surface area contributed by atoms with E-state index in [0.717, 1.165) is 0 Å². The molecule has 0 saturated carbocycles. The van der Waals surface area contributed by atoms with E-state index in [2.05, 4.69) is 12.6 Å². The molecule has 110 valence electrons. The van der Waals surface area contributed by atoms with E-state index in [1.54, 1.807) is 24.3 Å². The second-order valence-corrected chi connectivity index (χ2v) is 5.97. The Morgan fingerprint density at radius 2 is 1.18 bits per heavy atom. The molecule has 22 heavy (non-hydrogen) atoms. The van der Waals surface area contributed by atoms with Crippen LogP contribution in [-0.4, -0.2) is 16.0 Å². The quantitative estimate of drug-likeness (QED) is 0.535. The number of hydrogen-bond acceptors (Lipinski definition) is 3. The Morgan fingerprint density at radius 1 is 0.818 bits per heavy atom. The number of thiocarbonyl (C=S) groups is 1. The van der Waals surface area contributed by atoms with Crippen LogP contribution in [0.3, 0.4) is 0 Å². The summed E-state index contributed by atoms with van der Waals surface area (Å²) in [6.45, 7) is 0. The molecule has 1 aliphatic rings. The lowest BCUT2D eigenvalue weighted by molar-refractivity contribution is -0.124. The van der Waals surface area contributed by atoms with Crippen LogP contribution in [0, 0.1) is 5.92 Å². The van der Waals surface area contributed by atoms with Gasteiger partial charge in [-0.15, -0.1) is 12.6 Å². The number of anilines is 2. The highest BCUT2D eigenvalue weighted by Gasteiger charge is 2.48. The molecule has 1 heterocycles. The van der Waals surface area contributed by atoms with Gasteiger partial charge in [-0.25, -0.2) is 10.0 Å². The molecule has 0 unspecified atom stereocenters. The molecule has 6 heteroatoms. The van der Waals surface area contributed by atoms with Gasteiger partial charge in [0.25, 0.3) is 11.8 Å². The number of carbonyl (C=O) groups is 2. The van der Waals surface area contributed by atoms with Crippen LogP contribution in [-0.2, 0) is 9.59 Å². The van der Waals surface area contributed by atoms with E-state index in [1.807, 2.05) is 36.4 Å². The summed E-state index contributed by atoms with van der Waals surface area (Å²) >= 11 is 9.04. The van der Waals surface area contributed by atoms with Crippen molar-refractivity contribution in [1.29, 1.82) is 0 Å². The molecule has 1 fully saturated rings. The van der Waals surface area contributed by atoms with Gasteiger partial charge in [-0.2, -0.15) is 0 Å². The van der Waals surface area contributed by atoms with Crippen molar-refractivity contribution in [2.24, 2.45) is 5.92 Å². The Hall–Kier alpha value is -2.18. The first kappa shape index (κ1) is 14.7. The topological polar surface area (TPSA) is 40.6 Å². The van der Waals surface area contributed by atoms with Gasteiger partial charge in [-0.1, -0.05) is 48.6 Å². The largest absolute Gasteiger partial charge is 0.271 e. The Balaban J connectivity index is 2.13. The SMILES string of the molecule is O=C1C(C(=S)S)C(=O)N(c2ccccc2)N1c1ccccc1. The van der Waals surface area contributed by atoms with Crippen LogP contribution in [0.1, 0.15) is 0 Å². The van der Waals surface area contributed by atoms with Gasteiger partial charge in [-0.05, 0) is 24.3 Å². The summed E-state index contributed by atoms with van der Waals surface area (Å²) in [5.74, 6) is -1.82. The average molecular weight is 328 g/mol. The van der Waals surface area contributed by atoms with Gasteiger partial charge < -0.3 is 0 Å². The third-order valence-electron chi connectivity index (χ3n) is 3.36. The molecule has 2 aromatic carbocycles. The molecule has 0 spiro atoms. The average Bonchev–Trinajstić information content (AvgIpc) is 2.80. The second-order valence-electron chi connectivity index (χ2n) is 4.74. The van der Waals surface area contributed by atoms with Gasteiger partial charge in [0.05, 0.1) is 15.6 Å². The highest BCUT2D eigenvalue weighted by Crippen LogP contribution is 2.32. The minimum atomic E-state index is -1.04. The van der Waals surface area contributed by atoms with Crippen molar-refractivity contribution in [1.82, 2.24) is 0 Å². The number of hydrogen-bond donors (Lipinski definition) is 1. The molecule has 4 nitrogen and oxygen atoms in total. The summed E-state index contributed by atoms with van der Waals surface area (Å²) in [5.41, 5.74) is 1.22. The molecule has 0 atom stereocenters. The van der Waals surface area contributed by atoms with Crippen LogP contribution in [0.2, 0.25) is 0 Å². The van der Waals surface area contributed by atoms with Crippen LogP contribution in [0.15, 0.2) is 60.7 Å². The van der Waals surface area contributed by atoms with E-state index in [4.69, 9.17) is 12.2 Å². The van der Waals surface area contributed by atoms with Crippen molar-refractivity contribution in [2.45, 2.75) is 0 Å². The van der Waals surface area contributed by atoms with Crippen molar-refractivity contribution in [2.75, 3.05) is 10.0 Å². The number of carbonyl (C=O) groups excluding carboxylic acids is 2. The Morgan fingerprint density at radius 3 is 1.50 bits per heavy atom. The highest BCUT2D eigenvalue weighted by molar-refractivity contribution is 8.11. The van der Waals surface area contributed by atoms with E-state index in [9.17, 15) is 9.59 Å². The fourth-order valence-corrected chi connectivity index (χ4v) is 2.80. The zero-order chi connectivity index (χ0) is 15.7. The summed E-state index contributed by atoms with van der Waals surface area (Å²) in [7, 11) is 0.